The van der Waals surface area contributed by atoms with Crippen LogP contribution in [0.2, 0.25) is 0 Å². The molecule has 9 heteroatoms. The quantitative estimate of drug-likeness (QED) is 0.881. The Bertz CT molecular complexity index is 768. The molecule has 4 heterocycles. The number of carbonyl (C=O) groups is 1. The molecule has 0 aliphatic carbocycles. The molecule has 7 nitrogen and oxygen atoms in total. The molecule has 0 bridgehead atoms. The fourth-order valence-electron chi connectivity index (χ4n) is 3.42. The van der Waals surface area contributed by atoms with Gasteiger partial charge in [-0.25, -0.2) is 19.3 Å². The molecule has 2 aromatic heterocycles. The van der Waals surface area contributed by atoms with Crippen LogP contribution in [-0.2, 0) is 4.74 Å². The first-order valence-corrected chi connectivity index (χ1v) is 9.02. The summed E-state index contributed by atoms with van der Waals surface area (Å²) in [7, 11) is 0. The zero-order chi connectivity index (χ0) is 17.4. The van der Waals surface area contributed by atoms with E-state index < -0.39 is 5.82 Å². The van der Waals surface area contributed by atoms with Gasteiger partial charge in [0.2, 0.25) is 5.95 Å². The van der Waals surface area contributed by atoms with Crippen LogP contribution in [0, 0.1) is 24.6 Å². The maximum Gasteiger partial charge on any atom is 0.270 e. The van der Waals surface area contributed by atoms with Crippen molar-refractivity contribution in [3.05, 3.63) is 34.3 Å². The number of thiazole rings is 1. The van der Waals surface area contributed by atoms with Gasteiger partial charge in [-0.1, -0.05) is 0 Å². The second-order valence-electron chi connectivity index (χ2n) is 6.36. The third kappa shape index (κ3) is 3.34. The van der Waals surface area contributed by atoms with Crippen LogP contribution in [0.4, 0.5) is 10.3 Å². The number of nitrogens with one attached hydrogen (secondary N) is 1. The monoisotopic (exact) mass is 363 g/mol. The van der Waals surface area contributed by atoms with Gasteiger partial charge in [0.25, 0.3) is 5.91 Å². The normalized spacial score (nSPS) is 25.2. The van der Waals surface area contributed by atoms with E-state index in [1.807, 2.05) is 11.8 Å². The average Bonchev–Trinajstić information content (AvgIpc) is 3.29. The molecule has 0 aromatic carbocycles. The van der Waals surface area contributed by atoms with Crippen LogP contribution in [0.1, 0.15) is 15.5 Å². The van der Waals surface area contributed by atoms with Crippen molar-refractivity contribution in [1.82, 2.24) is 20.3 Å². The summed E-state index contributed by atoms with van der Waals surface area (Å²) in [5.41, 5.74) is 0.464. The summed E-state index contributed by atoms with van der Waals surface area (Å²) in [6.45, 7) is 4.48. The highest BCUT2D eigenvalue weighted by molar-refractivity contribution is 7.09. The largest absolute Gasteiger partial charge is 0.376 e. The van der Waals surface area contributed by atoms with Gasteiger partial charge in [0.1, 0.15) is 5.69 Å². The van der Waals surface area contributed by atoms with Gasteiger partial charge in [0, 0.05) is 36.9 Å². The number of halogens is 1. The Hall–Kier alpha value is -2.13. The van der Waals surface area contributed by atoms with Gasteiger partial charge in [0.05, 0.1) is 30.1 Å². The first-order valence-electron chi connectivity index (χ1n) is 8.14. The third-order valence-electron chi connectivity index (χ3n) is 4.70. The first kappa shape index (κ1) is 16.3. The molecule has 132 valence electrons. The highest BCUT2D eigenvalue weighted by Gasteiger charge is 2.44. The Morgan fingerprint density at radius 2 is 2.24 bits per heavy atom. The predicted octanol–water partition coefficient (Wildman–Crippen LogP) is 1.26. The minimum Gasteiger partial charge on any atom is -0.376 e. The fourth-order valence-corrected chi connectivity index (χ4v) is 4.02. The van der Waals surface area contributed by atoms with Crippen molar-refractivity contribution in [1.29, 1.82) is 0 Å². The fraction of sp³-hybridized carbons (Fsp3) is 0.500. The molecule has 4 rings (SSSR count). The van der Waals surface area contributed by atoms with Crippen molar-refractivity contribution in [3.8, 4) is 0 Å². The molecule has 2 aliphatic rings. The highest BCUT2D eigenvalue weighted by Crippen LogP contribution is 2.34. The molecule has 1 amide bonds. The summed E-state index contributed by atoms with van der Waals surface area (Å²) in [4.78, 5) is 26.4. The van der Waals surface area contributed by atoms with Crippen LogP contribution in [0.25, 0.3) is 0 Å². The lowest BCUT2D eigenvalue weighted by Gasteiger charge is -2.19. The Labute approximate surface area is 148 Å². The Kier molecular flexibility index (Phi) is 4.34. The maximum atomic E-state index is 13.0. The van der Waals surface area contributed by atoms with Gasteiger partial charge in [-0.15, -0.1) is 11.3 Å². The number of aromatic nitrogens is 3. The zero-order valence-corrected chi connectivity index (χ0v) is 14.5. The van der Waals surface area contributed by atoms with E-state index in [1.54, 1.807) is 5.38 Å². The summed E-state index contributed by atoms with van der Waals surface area (Å²) in [5.74, 6) is 0.451. The molecule has 0 radical (unpaired) electrons. The van der Waals surface area contributed by atoms with Gasteiger partial charge >= 0.3 is 0 Å². The number of fused-ring (bicyclic) bond motifs is 1. The average molecular weight is 363 g/mol. The number of amides is 1. The summed E-state index contributed by atoms with van der Waals surface area (Å²) >= 11 is 1.46. The SMILES string of the molecule is Cc1nc(C(=O)NC[C@@H]2CO[C@@H]3CN(c4ncc(F)cn4)C[C@H]23)cs1. The number of anilines is 1. The third-order valence-corrected chi connectivity index (χ3v) is 5.48. The Balaban J connectivity index is 1.35. The topological polar surface area (TPSA) is 80.2 Å². The second-order valence-corrected chi connectivity index (χ2v) is 7.43. The maximum absolute atomic E-state index is 13.0. The van der Waals surface area contributed by atoms with E-state index in [9.17, 15) is 9.18 Å². The Morgan fingerprint density at radius 3 is 2.96 bits per heavy atom. The van der Waals surface area contributed by atoms with E-state index in [4.69, 9.17) is 4.74 Å². The van der Waals surface area contributed by atoms with E-state index in [0.717, 1.165) is 11.6 Å². The first-order chi connectivity index (χ1) is 12.1. The van der Waals surface area contributed by atoms with Gasteiger partial charge in [-0.3, -0.25) is 4.79 Å². The molecule has 2 saturated heterocycles. The standard InChI is InChI=1S/C16H18FN5O2S/c1-9-21-13(8-25-9)15(23)18-2-10-7-24-14-6-22(5-12(10)14)16-19-3-11(17)4-20-16/h3-4,8,10,12,14H,2,5-7H2,1H3,(H,18,23)/t10-,12-,14-/m1/s1. The van der Waals surface area contributed by atoms with Gasteiger partial charge < -0.3 is 15.0 Å². The van der Waals surface area contributed by atoms with Crippen LogP contribution >= 0.6 is 11.3 Å². The zero-order valence-electron chi connectivity index (χ0n) is 13.7. The summed E-state index contributed by atoms with van der Waals surface area (Å²) in [5, 5.41) is 5.60. The number of hydrogen-bond donors (Lipinski definition) is 1. The van der Waals surface area contributed by atoms with Gasteiger partial charge in [0.15, 0.2) is 5.82 Å². The van der Waals surface area contributed by atoms with Crippen molar-refractivity contribution in [2.45, 2.75) is 13.0 Å². The van der Waals surface area contributed by atoms with Crippen molar-refractivity contribution in [2.75, 3.05) is 31.1 Å². The van der Waals surface area contributed by atoms with Crippen LogP contribution in [0.15, 0.2) is 17.8 Å². The molecule has 3 atom stereocenters. The van der Waals surface area contributed by atoms with Crippen LogP contribution in [0.5, 0.6) is 0 Å². The summed E-state index contributed by atoms with van der Waals surface area (Å²) in [6, 6.07) is 0. The van der Waals surface area contributed by atoms with Crippen molar-refractivity contribution in [2.24, 2.45) is 11.8 Å². The molecule has 0 unspecified atom stereocenters. The van der Waals surface area contributed by atoms with E-state index >= 15 is 0 Å². The van der Waals surface area contributed by atoms with E-state index in [-0.39, 0.29) is 17.9 Å². The minimum atomic E-state index is -0.447. The molecule has 1 N–H and O–H groups in total. The molecule has 25 heavy (non-hydrogen) atoms. The second kappa shape index (κ2) is 6.64. The van der Waals surface area contributed by atoms with Crippen LogP contribution in [0.3, 0.4) is 0 Å². The van der Waals surface area contributed by atoms with Crippen LogP contribution < -0.4 is 10.2 Å². The van der Waals surface area contributed by atoms with E-state index in [0.29, 0.717) is 37.3 Å². The number of hydrogen-bond acceptors (Lipinski definition) is 7. The lowest BCUT2D eigenvalue weighted by atomic mass is 9.93. The van der Waals surface area contributed by atoms with Crippen molar-refractivity contribution < 1.29 is 13.9 Å². The van der Waals surface area contributed by atoms with E-state index in [1.165, 1.54) is 23.7 Å². The van der Waals surface area contributed by atoms with Gasteiger partial charge in [-0.05, 0) is 6.92 Å². The lowest BCUT2D eigenvalue weighted by Crippen LogP contribution is -2.34. The molecular formula is C16H18FN5O2S. The molecular weight excluding hydrogens is 345 g/mol. The van der Waals surface area contributed by atoms with Gasteiger partial charge in [-0.2, -0.15) is 0 Å². The smallest absolute Gasteiger partial charge is 0.270 e. The minimum absolute atomic E-state index is 0.0945. The molecule has 2 aliphatic heterocycles. The van der Waals surface area contributed by atoms with E-state index in [2.05, 4.69) is 20.3 Å². The summed E-state index contributed by atoms with van der Waals surface area (Å²) in [6.07, 6.45) is 2.44. The molecule has 0 spiro atoms. The molecule has 0 saturated carbocycles. The lowest BCUT2D eigenvalue weighted by molar-refractivity contribution is 0.0935. The molecule has 2 fully saturated rings. The number of carbonyl (C=O) groups excluding carboxylic acids is 1. The molecule has 2 aromatic rings. The number of nitrogens with zero attached hydrogens (tertiary/aromatic N) is 4. The van der Waals surface area contributed by atoms with Crippen molar-refractivity contribution in [3.63, 3.8) is 0 Å². The highest BCUT2D eigenvalue weighted by atomic mass is 32.1. The van der Waals surface area contributed by atoms with Crippen molar-refractivity contribution >= 4 is 23.2 Å². The summed E-state index contributed by atoms with van der Waals surface area (Å²) < 4.78 is 18.8. The Morgan fingerprint density at radius 1 is 1.44 bits per heavy atom. The number of rotatable bonds is 4. The predicted molar refractivity (Wildman–Crippen MR) is 90.1 cm³/mol. The number of ether oxygens (including phenoxy) is 1. The number of aryl methyl sites for hydroxylation is 1. The van der Waals surface area contributed by atoms with Crippen LogP contribution in [-0.4, -0.2) is 53.2 Å².